The van der Waals surface area contributed by atoms with Crippen molar-refractivity contribution in [1.29, 1.82) is 0 Å². The lowest BCUT2D eigenvalue weighted by Gasteiger charge is -2.31. The van der Waals surface area contributed by atoms with Crippen LogP contribution < -0.4 is 0 Å². The second-order valence-electron chi connectivity index (χ2n) is 5.29. The highest BCUT2D eigenvalue weighted by Crippen LogP contribution is 2.32. The molecular formula is C13H15ClN2O3. The number of hydrogen-bond acceptors (Lipinski definition) is 3. The molecule has 19 heavy (non-hydrogen) atoms. The molecule has 1 aromatic carbocycles. The predicted octanol–water partition coefficient (Wildman–Crippen LogP) is 3.26. The number of amides is 1. The SMILES string of the molecule is CC1(C)CCCN1C(=O)c1cc(Cl)ccc1[N+](=O)[O-]. The van der Waals surface area contributed by atoms with E-state index in [2.05, 4.69) is 0 Å². The summed E-state index contributed by atoms with van der Waals surface area (Å²) in [5.41, 5.74) is -0.405. The van der Waals surface area contributed by atoms with Crippen LogP contribution in [-0.2, 0) is 0 Å². The molecule has 0 aromatic heterocycles. The summed E-state index contributed by atoms with van der Waals surface area (Å²) in [4.78, 5) is 24.6. The van der Waals surface area contributed by atoms with Crippen molar-refractivity contribution >= 4 is 23.2 Å². The highest BCUT2D eigenvalue weighted by molar-refractivity contribution is 6.31. The van der Waals surface area contributed by atoms with Crippen LogP contribution in [0, 0.1) is 10.1 Å². The number of benzene rings is 1. The van der Waals surface area contributed by atoms with E-state index >= 15 is 0 Å². The van der Waals surface area contributed by atoms with Gasteiger partial charge in [0.25, 0.3) is 11.6 Å². The molecule has 1 fully saturated rings. The van der Waals surface area contributed by atoms with E-state index < -0.39 is 4.92 Å². The molecule has 102 valence electrons. The van der Waals surface area contributed by atoms with Crippen LogP contribution in [0.25, 0.3) is 0 Å². The van der Waals surface area contributed by atoms with Crippen molar-refractivity contribution in [2.75, 3.05) is 6.54 Å². The van der Waals surface area contributed by atoms with Gasteiger partial charge in [-0.1, -0.05) is 11.6 Å². The van der Waals surface area contributed by atoms with Gasteiger partial charge in [0.1, 0.15) is 5.56 Å². The number of carbonyl (C=O) groups is 1. The van der Waals surface area contributed by atoms with Crippen LogP contribution in [0.15, 0.2) is 18.2 Å². The van der Waals surface area contributed by atoms with Crippen LogP contribution >= 0.6 is 11.6 Å². The zero-order valence-corrected chi connectivity index (χ0v) is 11.6. The van der Waals surface area contributed by atoms with Crippen molar-refractivity contribution in [2.45, 2.75) is 32.2 Å². The van der Waals surface area contributed by atoms with Gasteiger partial charge in [-0.2, -0.15) is 0 Å². The molecule has 5 nitrogen and oxygen atoms in total. The molecule has 0 saturated carbocycles. The number of likely N-dealkylation sites (tertiary alicyclic amines) is 1. The number of nitro groups is 1. The maximum Gasteiger partial charge on any atom is 0.282 e. The Labute approximate surface area is 116 Å². The first kappa shape index (κ1) is 13.8. The van der Waals surface area contributed by atoms with Crippen molar-refractivity contribution in [3.8, 4) is 0 Å². The molecule has 2 rings (SSSR count). The summed E-state index contributed by atoms with van der Waals surface area (Å²) in [5.74, 6) is -0.322. The molecule has 0 N–H and O–H groups in total. The van der Waals surface area contributed by atoms with Gasteiger partial charge in [0.15, 0.2) is 0 Å². The number of nitro benzene ring substituents is 1. The minimum absolute atomic E-state index is 0.0625. The molecule has 1 saturated heterocycles. The fraction of sp³-hybridized carbons (Fsp3) is 0.462. The molecule has 1 aliphatic heterocycles. The highest BCUT2D eigenvalue weighted by atomic mass is 35.5. The van der Waals surface area contributed by atoms with Crippen LogP contribution in [0.3, 0.4) is 0 Å². The Balaban J connectivity index is 2.44. The van der Waals surface area contributed by atoms with Gasteiger partial charge in [0, 0.05) is 23.2 Å². The fourth-order valence-electron chi connectivity index (χ4n) is 2.47. The Morgan fingerprint density at radius 1 is 1.47 bits per heavy atom. The molecule has 1 amide bonds. The smallest absolute Gasteiger partial charge is 0.282 e. The normalized spacial score (nSPS) is 17.5. The third-order valence-electron chi connectivity index (χ3n) is 3.53. The second-order valence-corrected chi connectivity index (χ2v) is 5.73. The molecule has 0 spiro atoms. The Morgan fingerprint density at radius 3 is 2.68 bits per heavy atom. The van der Waals surface area contributed by atoms with Crippen LogP contribution in [-0.4, -0.2) is 27.8 Å². The third-order valence-corrected chi connectivity index (χ3v) is 3.77. The molecule has 0 unspecified atom stereocenters. The number of nitrogens with zero attached hydrogens (tertiary/aromatic N) is 2. The van der Waals surface area contributed by atoms with Gasteiger partial charge in [0.05, 0.1) is 4.92 Å². The first-order chi connectivity index (χ1) is 8.83. The van der Waals surface area contributed by atoms with Gasteiger partial charge >= 0.3 is 0 Å². The molecule has 0 aliphatic carbocycles. The van der Waals surface area contributed by atoms with Crippen LogP contribution in [0.2, 0.25) is 5.02 Å². The van der Waals surface area contributed by atoms with E-state index in [1.807, 2.05) is 13.8 Å². The minimum Gasteiger partial charge on any atom is -0.333 e. The number of hydrogen-bond donors (Lipinski definition) is 0. The van der Waals surface area contributed by atoms with E-state index in [0.717, 1.165) is 12.8 Å². The lowest BCUT2D eigenvalue weighted by Crippen LogP contribution is -2.42. The van der Waals surface area contributed by atoms with Crippen LogP contribution in [0.5, 0.6) is 0 Å². The molecule has 1 aliphatic rings. The molecule has 0 atom stereocenters. The van der Waals surface area contributed by atoms with Crippen molar-refractivity contribution < 1.29 is 9.72 Å². The van der Waals surface area contributed by atoms with Gasteiger partial charge in [0.2, 0.25) is 0 Å². The summed E-state index contributed by atoms with van der Waals surface area (Å²) in [6.07, 6.45) is 1.81. The molecule has 1 aromatic rings. The van der Waals surface area contributed by atoms with Gasteiger partial charge in [-0.3, -0.25) is 14.9 Å². The molecule has 1 heterocycles. The maximum atomic E-state index is 12.5. The average molecular weight is 283 g/mol. The van der Waals surface area contributed by atoms with E-state index in [4.69, 9.17) is 11.6 Å². The molecular weight excluding hydrogens is 268 g/mol. The van der Waals surface area contributed by atoms with Crippen molar-refractivity contribution in [3.63, 3.8) is 0 Å². The third kappa shape index (κ3) is 2.56. The van der Waals surface area contributed by atoms with Crippen molar-refractivity contribution in [3.05, 3.63) is 38.9 Å². The van der Waals surface area contributed by atoms with Crippen LogP contribution in [0.1, 0.15) is 37.0 Å². The van der Waals surface area contributed by atoms with Crippen molar-refractivity contribution in [1.82, 2.24) is 4.90 Å². The summed E-state index contributed by atoms with van der Waals surface area (Å²) in [6.45, 7) is 4.55. The predicted molar refractivity (Wildman–Crippen MR) is 72.5 cm³/mol. The minimum atomic E-state index is -0.549. The Morgan fingerprint density at radius 2 is 2.16 bits per heavy atom. The second kappa shape index (κ2) is 4.81. The lowest BCUT2D eigenvalue weighted by atomic mass is 10.0. The van der Waals surface area contributed by atoms with E-state index in [1.165, 1.54) is 18.2 Å². The summed E-state index contributed by atoms with van der Waals surface area (Å²) in [5, 5.41) is 11.3. The molecule has 6 heteroatoms. The van der Waals surface area contributed by atoms with Crippen molar-refractivity contribution in [2.24, 2.45) is 0 Å². The summed E-state index contributed by atoms with van der Waals surface area (Å²) in [6, 6.07) is 4.07. The monoisotopic (exact) mass is 282 g/mol. The maximum absolute atomic E-state index is 12.5. The largest absolute Gasteiger partial charge is 0.333 e. The number of carbonyl (C=O) groups excluding carboxylic acids is 1. The topological polar surface area (TPSA) is 63.5 Å². The zero-order valence-electron chi connectivity index (χ0n) is 10.9. The summed E-state index contributed by atoms with van der Waals surface area (Å²) < 4.78 is 0. The van der Waals surface area contributed by atoms with E-state index in [0.29, 0.717) is 11.6 Å². The zero-order chi connectivity index (χ0) is 14.2. The van der Waals surface area contributed by atoms with Gasteiger partial charge < -0.3 is 4.90 Å². The molecule has 0 bridgehead atoms. The highest BCUT2D eigenvalue weighted by Gasteiger charge is 2.37. The Kier molecular flexibility index (Phi) is 3.49. The van der Waals surface area contributed by atoms with Crippen LogP contribution in [0.4, 0.5) is 5.69 Å². The van der Waals surface area contributed by atoms with E-state index in [-0.39, 0.29) is 22.7 Å². The fourth-order valence-corrected chi connectivity index (χ4v) is 2.64. The number of rotatable bonds is 2. The molecule has 0 radical (unpaired) electrons. The first-order valence-electron chi connectivity index (χ1n) is 6.09. The van der Waals surface area contributed by atoms with Gasteiger partial charge in [-0.05, 0) is 38.8 Å². The summed E-state index contributed by atoms with van der Waals surface area (Å²) in [7, 11) is 0. The van der Waals surface area contributed by atoms with E-state index in [1.54, 1.807) is 4.90 Å². The average Bonchev–Trinajstić information content (AvgIpc) is 2.67. The first-order valence-corrected chi connectivity index (χ1v) is 6.46. The van der Waals surface area contributed by atoms with E-state index in [9.17, 15) is 14.9 Å². The van der Waals surface area contributed by atoms with Gasteiger partial charge in [-0.25, -0.2) is 0 Å². The Bertz CT molecular complexity index is 543. The Hall–Kier alpha value is -1.62. The standard InChI is InChI=1S/C13H15ClN2O3/c1-13(2)6-3-7-15(13)12(17)10-8-9(14)4-5-11(10)16(18)19/h4-5,8H,3,6-7H2,1-2H3. The summed E-state index contributed by atoms with van der Waals surface area (Å²) >= 11 is 5.85. The number of halogens is 1. The quantitative estimate of drug-likeness (QED) is 0.618. The lowest BCUT2D eigenvalue weighted by molar-refractivity contribution is -0.385. The van der Waals surface area contributed by atoms with Gasteiger partial charge in [-0.15, -0.1) is 0 Å².